The molecule has 2 aromatic rings. The summed E-state index contributed by atoms with van der Waals surface area (Å²) in [5.41, 5.74) is -0.563. The van der Waals surface area contributed by atoms with Gasteiger partial charge < -0.3 is 10.1 Å². The van der Waals surface area contributed by atoms with Gasteiger partial charge in [-0.1, -0.05) is 29.8 Å². The topological polar surface area (TPSA) is 110 Å². The summed E-state index contributed by atoms with van der Waals surface area (Å²) < 4.78 is 5.79. The summed E-state index contributed by atoms with van der Waals surface area (Å²) in [6.07, 6.45) is 1.17. The van der Waals surface area contributed by atoms with Crippen LogP contribution in [-0.2, 0) is 20.9 Å². The van der Waals surface area contributed by atoms with E-state index in [0.29, 0.717) is 5.02 Å². The Kier molecular flexibility index (Phi) is 6.13. The van der Waals surface area contributed by atoms with E-state index in [1.54, 1.807) is 31.2 Å². The molecule has 1 aromatic heterocycles. The van der Waals surface area contributed by atoms with Crippen LogP contribution in [0, 0.1) is 0 Å². The average molecular weight is 366 g/mol. The molecule has 0 saturated heterocycles. The molecule has 0 saturated carbocycles. The Balaban J connectivity index is 1.85. The number of benzene rings is 1. The molecule has 132 valence electrons. The number of nitrogens with one attached hydrogen (secondary N) is 2. The van der Waals surface area contributed by atoms with Gasteiger partial charge in [-0.15, -0.1) is 0 Å². The van der Waals surface area contributed by atoms with Crippen molar-refractivity contribution in [3.05, 3.63) is 68.0 Å². The minimum Gasteiger partial charge on any atom is -0.454 e. The van der Waals surface area contributed by atoms with Gasteiger partial charge in [-0.05, 0) is 18.6 Å². The number of esters is 1. The van der Waals surface area contributed by atoms with Crippen molar-refractivity contribution in [2.45, 2.75) is 19.5 Å². The van der Waals surface area contributed by atoms with Gasteiger partial charge in [0.25, 0.3) is 11.5 Å². The molecule has 0 fully saturated rings. The molecule has 0 aliphatic heterocycles. The lowest BCUT2D eigenvalue weighted by Gasteiger charge is -2.15. The molecule has 0 spiro atoms. The summed E-state index contributed by atoms with van der Waals surface area (Å²) >= 11 is 6.05. The van der Waals surface area contributed by atoms with Crippen molar-refractivity contribution in [2.24, 2.45) is 0 Å². The van der Waals surface area contributed by atoms with E-state index in [0.717, 1.165) is 16.2 Å². The summed E-state index contributed by atoms with van der Waals surface area (Å²) in [6.45, 7) is 0.843. The van der Waals surface area contributed by atoms with Gasteiger partial charge in [0.2, 0.25) is 0 Å². The van der Waals surface area contributed by atoms with Crippen LogP contribution in [0.25, 0.3) is 0 Å². The number of ether oxygens (including phenoxy) is 1. The monoisotopic (exact) mass is 365 g/mol. The minimum atomic E-state index is -0.783. The van der Waals surface area contributed by atoms with Crippen molar-refractivity contribution < 1.29 is 14.3 Å². The molecule has 0 radical (unpaired) electrons. The molecule has 25 heavy (non-hydrogen) atoms. The fourth-order valence-electron chi connectivity index (χ4n) is 2.09. The molecule has 0 aliphatic rings. The minimum absolute atomic E-state index is 0.360. The Morgan fingerprint density at radius 1 is 1.28 bits per heavy atom. The molecule has 0 aliphatic carbocycles. The summed E-state index contributed by atoms with van der Waals surface area (Å²) in [5, 5.41) is 3.18. The number of hydrogen-bond donors (Lipinski definition) is 2. The Hall–Kier alpha value is -2.87. The van der Waals surface area contributed by atoms with Crippen molar-refractivity contribution in [3.63, 3.8) is 0 Å². The predicted octanol–water partition coefficient (Wildman–Crippen LogP) is 0.611. The Bertz CT molecular complexity index is 890. The van der Waals surface area contributed by atoms with E-state index in [4.69, 9.17) is 16.3 Å². The molecule has 1 amide bonds. The summed E-state index contributed by atoms with van der Waals surface area (Å²) in [4.78, 5) is 48.0. The molecular formula is C16H16ClN3O5. The number of nitrogens with zero attached hydrogens (tertiary/aromatic N) is 1. The average Bonchev–Trinajstić information content (AvgIpc) is 2.56. The van der Waals surface area contributed by atoms with Gasteiger partial charge in [-0.3, -0.25) is 23.9 Å². The van der Waals surface area contributed by atoms with E-state index >= 15 is 0 Å². The fourth-order valence-corrected chi connectivity index (χ4v) is 2.39. The van der Waals surface area contributed by atoms with E-state index in [-0.39, 0.29) is 6.04 Å². The van der Waals surface area contributed by atoms with Gasteiger partial charge in [0.05, 0.1) is 6.04 Å². The highest BCUT2D eigenvalue weighted by atomic mass is 35.5. The first-order chi connectivity index (χ1) is 11.9. The molecule has 2 N–H and O–H groups in total. The largest absolute Gasteiger partial charge is 0.454 e. The van der Waals surface area contributed by atoms with E-state index in [1.807, 2.05) is 4.98 Å². The van der Waals surface area contributed by atoms with E-state index < -0.39 is 36.3 Å². The number of H-pyrrole nitrogens is 1. The predicted molar refractivity (Wildman–Crippen MR) is 90.3 cm³/mol. The van der Waals surface area contributed by atoms with Crippen LogP contribution < -0.4 is 16.6 Å². The van der Waals surface area contributed by atoms with Gasteiger partial charge in [0.1, 0.15) is 6.54 Å². The van der Waals surface area contributed by atoms with Gasteiger partial charge in [-0.25, -0.2) is 4.79 Å². The second kappa shape index (κ2) is 8.29. The normalized spacial score (nSPS) is 11.6. The zero-order chi connectivity index (χ0) is 18.4. The van der Waals surface area contributed by atoms with Crippen LogP contribution in [0.15, 0.2) is 46.1 Å². The molecule has 1 aromatic carbocycles. The smallest absolute Gasteiger partial charge is 0.328 e. The number of amides is 1. The van der Waals surface area contributed by atoms with Crippen LogP contribution in [0.2, 0.25) is 5.02 Å². The maximum absolute atomic E-state index is 11.9. The lowest BCUT2D eigenvalue weighted by molar-refractivity contribution is -0.149. The van der Waals surface area contributed by atoms with Crippen LogP contribution in [0.1, 0.15) is 18.5 Å². The number of rotatable bonds is 6. The molecule has 2 rings (SSSR count). The van der Waals surface area contributed by atoms with Crippen LogP contribution in [0.5, 0.6) is 0 Å². The SMILES string of the molecule is C[C@@H](NC(=O)COC(=O)Cn1ccc(=O)[nH]c1=O)c1ccccc1Cl. The van der Waals surface area contributed by atoms with Gasteiger partial charge in [-0.2, -0.15) is 0 Å². The Morgan fingerprint density at radius 3 is 2.68 bits per heavy atom. The van der Waals surface area contributed by atoms with E-state index in [2.05, 4.69) is 5.32 Å². The van der Waals surface area contributed by atoms with Crippen molar-refractivity contribution >= 4 is 23.5 Å². The number of aromatic nitrogens is 2. The molecule has 8 nitrogen and oxygen atoms in total. The number of carbonyl (C=O) groups excluding carboxylic acids is 2. The van der Waals surface area contributed by atoms with Crippen molar-refractivity contribution in [1.29, 1.82) is 0 Å². The molecule has 9 heteroatoms. The third-order valence-corrected chi connectivity index (χ3v) is 3.65. The second-order valence-electron chi connectivity index (χ2n) is 5.21. The standard InChI is InChI=1S/C16H16ClN3O5/c1-10(11-4-2-3-5-12(11)17)18-14(22)9-25-15(23)8-20-7-6-13(21)19-16(20)24/h2-7,10H,8-9H2,1H3,(H,18,22)(H,19,21,24)/t10-/m1/s1. The van der Waals surface area contributed by atoms with Crippen molar-refractivity contribution in [2.75, 3.05) is 6.61 Å². The number of hydrogen-bond acceptors (Lipinski definition) is 5. The van der Waals surface area contributed by atoms with Crippen LogP contribution in [0.4, 0.5) is 0 Å². The van der Waals surface area contributed by atoms with Crippen molar-refractivity contribution in [3.8, 4) is 0 Å². The van der Waals surface area contributed by atoms with Gasteiger partial charge >= 0.3 is 11.7 Å². The summed E-state index contributed by atoms with van der Waals surface area (Å²) in [7, 11) is 0. The third-order valence-electron chi connectivity index (χ3n) is 3.31. The first-order valence-corrected chi connectivity index (χ1v) is 7.74. The molecule has 0 unspecified atom stereocenters. The maximum Gasteiger partial charge on any atom is 0.328 e. The fraction of sp³-hybridized carbons (Fsp3) is 0.250. The third kappa shape index (κ3) is 5.32. The van der Waals surface area contributed by atoms with E-state index in [1.165, 1.54) is 6.20 Å². The number of halogens is 1. The number of aromatic amines is 1. The molecule has 1 atom stereocenters. The summed E-state index contributed by atoms with van der Waals surface area (Å²) in [6, 6.07) is 7.81. The van der Waals surface area contributed by atoms with Gasteiger partial charge in [0.15, 0.2) is 6.61 Å². The molecular weight excluding hydrogens is 350 g/mol. The Labute approximate surface area is 147 Å². The first kappa shape index (κ1) is 18.5. The maximum atomic E-state index is 11.9. The summed E-state index contributed by atoms with van der Waals surface area (Å²) in [5.74, 6) is -1.29. The highest BCUT2D eigenvalue weighted by Crippen LogP contribution is 2.21. The lowest BCUT2D eigenvalue weighted by Crippen LogP contribution is -2.34. The van der Waals surface area contributed by atoms with E-state index in [9.17, 15) is 19.2 Å². The highest BCUT2D eigenvalue weighted by Gasteiger charge is 2.14. The van der Waals surface area contributed by atoms with Crippen LogP contribution >= 0.6 is 11.6 Å². The van der Waals surface area contributed by atoms with Crippen molar-refractivity contribution in [1.82, 2.24) is 14.9 Å². The van der Waals surface area contributed by atoms with Crippen LogP contribution in [0.3, 0.4) is 0 Å². The zero-order valence-electron chi connectivity index (χ0n) is 13.3. The Morgan fingerprint density at radius 2 is 2.00 bits per heavy atom. The molecule has 0 bridgehead atoms. The number of carbonyl (C=O) groups is 2. The van der Waals surface area contributed by atoms with Crippen LogP contribution in [-0.4, -0.2) is 28.0 Å². The first-order valence-electron chi connectivity index (χ1n) is 7.36. The zero-order valence-corrected chi connectivity index (χ0v) is 14.1. The quantitative estimate of drug-likeness (QED) is 0.729. The molecule has 1 heterocycles. The van der Waals surface area contributed by atoms with Gasteiger partial charge in [0, 0.05) is 17.3 Å². The highest BCUT2D eigenvalue weighted by molar-refractivity contribution is 6.31. The lowest BCUT2D eigenvalue weighted by atomic mass is 10.1. The second-order valence-corrected chi connectivity index (χ2v) is 5.62.